The SMILES string of the molecule is CCn1c(CC(=O)NCc2ccc(C)cc2)csc1=NC1CCCCC1. The molecule has 1 aliphatic carbocycles. The molecule has 5 heteroatoms. The van der Waals surface area contributed by atoms with Crippen molar-refractivity contribution < 1.29 is 4.79 Å². The summed E-state index contributed by atoms with van der Waals surface area (Å²) in [7, 11) is 0. The highest BCUT2D eigenvalue weighted by Crippen LogP contribution is 2.20. The second kappa shape index (κ2) is 9.17. The number of amides is 1. The van der Waals surface area contributed by atoms with Gasteiger partial charge in [0, 0.05) is 24.2 Å². The summed E-state index contributed by atoms with van der Waals surface area (Å²) in [4.78, 5) is 18.4. The minimum absolute atomic E-state index is 0.0646. The number of nitrogens with zero attached hydrogens (tertiary/aromatic N) is 2. The van der Waals surface area contributed by atoms with Gasteiger partial charge in [0.15, 0.2) is 4.80 Å². The van der Waals surface area contributed by atoms with Crippen molar-refractivity contribution in [1.29, 1.82) is 0 Å². The van der Waals surface area contributed by atoms with Gasteiger partial charge in [-0.25, -0.2) is 0 Å². The van der Waals surface area contributed by atoms with E-state index in [1.165, 1.54) is 37.7 Å². The van der Waals surface area contributed by atoms with Crippen LogP contribution < -0.4 is 10.1 Å². The molecule has 0 radical (unpaired) electrons. The largest absolute Gasteiger partial charge is 0.352 e. The van der Waals surface area contributed by atoms with Gasteiger partial charge in [0.25, 0.3) is 0 Å². The summed E-state index contributed by atoms with van der Waals surface area (Å²) in [6.07, 6.45) is 6.74. The van der Waals surface area contributed by atoms with E-state index < -0.39 is 0 Å². The second-order valence-corrected chi connectivity index (χ2v) is 7.95. The van der Waals surface area contributed by atoms with Crippen molar-refractivity contribution in [2.24, 2.45) is 4.99 Å². The molecule has 0 atom stereocenters. The van der Waals surface area contributed by atoms with Crippen LogP contribution in [0.15, 0.2) is 34.6 Å². The Bertz CT molecular complexity index is 782. The van der Waals surface area contributed by atoms with E-state index in [-0.39, 0.29) is 5.91 Å². The van der Waals surface area contributed by atoms with Crippen molar-refractivity contribution in [3.05, 3.63) is 51.3 Å². The molecule has 1 aliphatic rings. The third-order valence-corrected chi connectivity index (χ3v) is 5.94. The Hall–Kier alpha value is -1.88. The molecule has 1 N–H and O–H groups in total. The molecule has 3 rings (SSSR count). The lowest BCUT2D eigenvalue weighted by molar-refractivity contribution is -0.120. The van der Waals surface area contributed by atoms with E-state index in [1.807, 2.05) is 0 Å². The van der Waals surface area contributed by atoms with E-state index in [1.54, 1.807) is 11.3 Å². The lowest BCUT2D eigenvalue weighted by Crippen LogP contribution is -2.27. The quantitative estimate of drug-likeness (QED) is 0.820. The number of carbonyl (C=O) groups is 1. The summed E-state index contributed by atoms with van der Waals surface area (Å²) in [6, 6.07) is 8.74. The molecule has 0 saturated heterocycles. The maximum Gasteiger partial charge on any atom is 0.226 e. The molecule has 0 bridgehead atoms. The van der Waals surface area contributed by atoms with E-state index in [0.717, 1.165) is 22.6 Å². The number of hydrogen-bond acceptors (Lipinski definition) is 3. The van der Waals surface area contributed by atoms with Crippen LogP contribution in [0.2, 0.25) is 0 Å². The fourth-order valence-electron chi connectivity index (χ4n) is 3.45. The molecule has 1 saturated carbocycles. The molecule has 0 spiro atoms. The fraction of sp³-hybridized carbons (Fsp3) is 0.524. The van der Waals surface area contributed by atoms with Crippen LogP contribution in [0, 0.1) is 6.92 Å². The number of thiazole rings is 1. The van der Waals surface area contributed by atoms with Gasteiger partial charge in [0.05, 0.1) is 12.5 Å². The zero-order chi connectivity index (χ0) is 18.4. The van der Waals surface area contributed by atoms with Gasteiger partial charge < -0.3 is 9.88 Å². The third kappa shape index (κ3) is 5.07. The summed E-state index contributed by atoms with van der Waals surface area (Å²) in [5.41, 5.74) is 3.43. The molecule has 140 valence electrons. The Balaban J connectivity index is 1.62. The van der Waals surface area contributed by atoms with Crippen molar-refractivity contribution in [3.8, 4) is 0 Å². The predicted octanol–water partition coefficient (Wildman–Crippen LogP) is 3.97. The van der Waals surface area contributed by atoms with Crippen molar-refractivity contribution in [3.63, 3.8) is 0 Å². The van der Waals surface area contributed by atoms with Gasteiger partial charge in [-0.05, 0) is 32.3 Å². The summed E-state index contributed by atoms with van der Waals surface area (Å²) in [6.45, 7) is 5.63. The minimum atomic E-state index is 0.0646. The highest BCUT2D eigenvalue weighted by atomic mass is 32.1. The maximum atomic E-state index is 12.4. The Morgan fingerprint density at radius 2 is 1.96 bits per heavy atom. The number of nitrogens with one attached hydrogen (secondary N) is 1. The van der Waals surface area contributed by atoms with Gasteiger partial charge in [-0.1, -0.05) is 49.1 Å². The smallest absolute Gasteiger partial charge is 0.226 e. The molecule has 1 fully saturated rings. The van der Waals surface area contributed by atoms with Gasteiger partial charge >= 0.3 is 0 Å². The minimum Gasteiger partial charge on any atom is -0.352 e. The van der Waals surface area contributed by atoms with Crippen LogP contribution in [0.25, 0.3) is 0 Å². The lowest BCUT2D eigenvalue weighted by Gasteiger charge is -2.17. The average Bonchev–Trinajstić information content (AvgIpc) is 3.03. The first-order valence-electron chi connectivity index (χ1n) is 9.69. The van der Waals surface area contributed by atoms with Crippen LogP contribution in [0.1, 0.15) is 55.8 Å². The molecular weight excluding hydrogens is 342 g/mol. The number of carbonyl (C=O) groups excluding carboxylic acids is 1. The second-order valence-electron chi connectivity index (χ2n) is 7.11. The molecule has 1 amide bonds. The summed E-state index contributed by atoms with van der Waals surface area (Å²) in [5, 5.41) is 5.12. The van der Waals surface area contributed by atoms with Crippen LogP contribution in [-0.2, 0) is 24.3 Å². The topological polar surface area (TPSA) is 46.4 Å². The predicted molar refractivity (Wildman–Crippen MR) is 107 cm³/mol. The fourth-order valence-corrected chi connectivity index (χ4v) is 4.48. The molecule has 1 aromatic heterocycles. The summed E-state index contributed by atoms with van der Waals surface area (Å²) < 4.78 is 2.20. The van der Waals surface area contributed by atoms with Gasteiger partial charge in [-0.3, -0.25) is 9.79 Å². The van der Waals surface area contributed by atoms with Crippen LogP contribution in [0.4, 0.5) is 0 Å². The Morgan fingerprint density at radius 3 is 2.65 bits per heavy atom. The highest BCUT2D eigenvalue weighted by molar-refractivity contribution is 7.07. The first-order valence-corrected chi connectivity index (χ1v) is 10.6. The van der Waals surface area contributed by atoms with E-state index in [9.17, 15) is 4.79 Å². The van der Waals surface area contributed by atoms with Crippen LogP contribution in [0.5, 0.6) is 0 Å². The molecular formula is C21H29N3OS. The van der Waals surface area contributed by atoms with Crippen LogP contribution >= 0.6 is 11.3 Å². The van der Waals surface area contributed by atoms with E-state index in [2.05, 4.69) is 53.4 Å². The van der Waals surface area contributed by atoms with Crippen LogP contribution in [-0.4, -0.2) is 16.5 Å². The normalized spacial score (nSPS) is 16.0. The molecule has 1 heterocycles. The van der Waals surface area contributed by atoms with Gasteiger partial charge in [0.2, 0.25) is 5.91 Å². The van der Waals surface area contributed by atoms with E-state index in [0.29, 0.717) is 19.0 Å². The number of aryl methyl sites for hydroxylation is 1. The van der Waals surface area contributed by atoms with Crippen molar-refractivity contribution in [1.82, 2.24) is 9.88 Å². The van der Waals surface area contributed by atoms with Crippen molar-refractivity contribution in [2.75, 3.05) is 0 Å². The highest BCUT2D eigenvalue weighted by Gasteiger charge is 2.14. The van der Waals surface area contributed by atoms with E-state index in [4.69, 9.17) is 4.99 Å². The zero-order valence-electron chi connectivity index (χ0n) is 15.8. The van der Waals surface area contributed by atoms with Gasteiger partial charge in [-0.2, -0.15) is 0 Å². The molecule has 0 aliphatic heterocycles. The molecule has 2 aromatic rings. The summed E-state index contributed by atoms with van der Waals surface area (Å²) in [5.74, 6) is 0.0646. The number of hydrogen-bond donors (Lipinski definition) is 1. The van der Waals surface area contributed by atoms with Crippen molar-refractivity contribution in [2.45, 2.75) is 71.5 Å². The first kappa shape index (κ1) is 18.9. The Morgan fingerprint density at radius 1 is 1.23 bits per heavy atom. The Labute approximate surface area is 160 Å². The van der Waals surface area contributed by atoms with E-state index >= 15 is 0 Å². The van der Waals surface area contributed by atoms with Gasteiger partial charge in [0.1, 0.15) is 0 Å². The average molecular weight is 372 g/mol. The molecule has 1 aromatic carbocycles. The number of aromatic nitrogens is 1. The number of rotatable bonds is 6. The number of benzene rings is 1. The summed E-state index contributed by atoms with van der Waals surface area (Å²) >= 11 is 1.67. The zero-order valence-corrected chi connectivity index (χ0v) is 16.6. The first-order chi connectivity index (χ1) is 12.7. The lowest BCUT2D eigenvalue weighted by atomic mass is 9.96. The molecule has 26 heavy (non-hydrogen) atoms. The standard InChI is InChI=1S/C21H29N3OS/c1-3-24-19(15-26-21(24)23-18-7-5-4-6-8-18)13-20(25)22-14-17-11-9-16(2)10-12-17/h9-12,15,18H,3-8,13-14H2,1-2H3,(H,22,25). The molecule has 0 unspecified atom stereocenters. The van der Waals surface area contributed by atoms with Crippen molar-refractivity contribution >= 4 is 17.2 Å². The Kier molecular flexibility index (Phi) is 6.67. The van der Waals surface area contributed by atoms with Gasteiger partial charge in [-0.15, -0.1) is 11.3 Å². The third-order valence-electron chi connectivity index (χ3n) is 5.01. The maximum absolute atomic E-state index is 12.4. The van der Waals surface area contributed by atoms with Crippen LogP contribution in [0.3, 0.4) is 0 Å². The monoisotopic (exact) mass is 371 g/mol. The molecule has 4 nitrogen and oxygen atoms in total.